The number of para-hydroxylation sites is 1. The van der Waals surface area contributed by atoms with Crippen molar-refractivity contribution in [3.8, 4) is 0 Å². The molecule has 3 heterocycles. The van der Waals surface area contributed by atoms with Crippen LogP contribution in [-0.4, -0.2) is 82.3 Å². The Morgan fingerprint density at radius 1 is 1.16 bits per heavy atom. The number of likely N-dealkylation sites (N-methyl/N-ethyl adjacent to an activating group) is 1. The number of aromatic amines is 1. The Hall–Kier alpha value is -2.74. The average molecular weight is 341 g/mol. The van der Waals surface area contributed by atoms with Crippen LogP contribution in [-0.2, 0) is 4.79 Å². The van der Waals surface area contributed by atoms with Crippen LogP contribution in [0.2, 0.25) is 0 Å². The van der Waals surface area contributed by atoms with Gasteiger partial charge in [-0.25, -0.2) is 4.98 Å². The Morgan fingerprint density at radius 2 is 1.92 bits per heavy atom. The van der Waals surface area contributed by atoms with Crippen molar-refractivity contribution < 1.29 is 9.59 Å². The van der Waals surface area contributed by atoms with Crippen molar-refractivity contribution in [2.75, 3.05) is 39.8 Å². The summed E-state index contributed by atoms with van der Waals surface area (Å²) in [6.45, 7) is 3.01. The molecule has 2 fully saturated rings. The van der Waals surface area contributed by atoms with Crippen LogP contribution in [0.15, 0.2) is 29.1 Å². The van der Waals surface area contributed by atoms with Crippen molar-refractivity contribution in [1.82, 2.24) is 24.7 Å². The summed E-state index contributed by atoms with van der Waals surface area (Å²) in [6.07, 6.45) is 0. The number of hydrogen-bond acceptors (Lipinski definition) is 5. The van der Waals surface area contributed by atoms with E-state index in [9.17, 15) is 14.4 Å². The van der Waals surface area contributed by atoms with E-state index < -0.39 is 0 Å². The van der Waals surface area contributed by atoms with Gasteiger partial charge >= 0.3 is 0 Å². The molecule has 8 nitrogen and oxygen atoms in total. The number of rotatable bonds is 1. The van der Waals surface area contributed by atoms with Gasteiger partial charge in [0.25, 0.3) is 11.5 Å². The molecule has 0 unspecified atom stereocenters. The van der Waals surface area contributed by atoms with Gasteiger partial charge in [0.1, 0.15) is 6.04 Å². The van der Waals surface area contributed by atoms with Crippen molar-refractivity contribution in [3.05, 3.63) is 40.4 Å². The third kappa shape index (κ3) is 2.68. The molecule has 2 aromatic rings. The fourth-order valence-electron chi connectivity index (χ4n) is 3.49. The van der Waals surface area contributed by atoms with E-state index in [0.29, 0.717) is 37.1 Å². The van der Waals surface area contributed by atoms with Gasteiger partial charge in [-0.05, 0) is 12.1 Å². The number of piperazine rings is 2. The molecular formula is C17H19N5O3. The highest BCUT2D eigenvalue weighted by Gasteiger charge is 2.39. The van der Waals surface area contributed by atoms with E-state index in [1.165, 1.54) is 0 Å². The van der Waals surface area contributed by atoms with Crippen LogP contribution < -0.4 is 5.56 Å². The molecule has 1 atom stereocenters. The first-order chi connectivity index (χ1) is 12.0. The van der Waals surface area contributed by atoms with Crippen LogP contribution >= 0.6 is 0 Å². The summed E-state index contributed by atoms with van der Waals surface area (Å²) >= 11 is 0. The van der Waals surface area contributed by atoms with Gasteiger partial charge in [-0.15, -0.1) is 0 Å². The number of nitrogens with zero attached hydrogens (tertiary/aromatic N) is 4. The molecule has 4 rings (SSSR count). The Morgan fingerprint density at radius 3 is 2.76 bits per heavy atom. The van der Waals surface area contributed by atoms with Crippen molar-refractivity contribution in [1.29, 1.82) is 0 Å². The molecule has 8 heteroatoms. The van der Waals surface area contributed by atoms with Crippen LogP contribution in [0.4, 0.5) is 0 Å². The first kappa shape index (κ1) is 15.8. The summed E-state index contributed by atoms with van der Waals surface area (Å²) in [5, 5.41) is 0.452. The minimum absolute atomic E-state index is 0.0220. The monoisotopic (exact) mass is 341 g/mol. The lowest BCUT2D eigenvalue weighted by Gasteiger charge is -2.45. The summed E-state index contributed by atoms with van der Waals surface area (Å²) in [7, 11) is 1.78. The Bertz CT molecular complexity index is 909. The number of carbonyl (C=O) groups is 2. The van der Waals surface area contributed by atoms with Crippen LogP contribution in [0.3, 0.4) is 0 Å². The lowest BCUT2D eigenvalue weighted by molar-refractivity contribution is -0.142. The second-order valence-electron chi connectivity index (χ2n) is 6.49. The van der Waals surface area contributed by atoms with Crippen molar-refractivity contribution in [2.45, 2.75) is 6.04 Å². The molecule has 2 amide bonds. The maximum atomic E-state index is 12.8. The molecule has 1 aromatic heterocycles. The molecule has 0 saturated carbocycles. The van der Waals surface area contributed by atoms with E-state index in [0.717, 1.165) is 6.54 Å². The Kier molecular flexibility index (Phi) is 3.76. The molecule has 2 saturated heterocycles. The van der Waals surface area contributed by atoms with Crippen molar-refractivity contribution in [2.24, 2.45) is 0 Å². The summed E-state index contributed by atoms with van der Waals surface area (Å²) < 4.78 is 0. The zero-order valence-corrected chi connectivity index (χ0v) is 13.9. The number of aromatic nitrogens is 2. The normalized spacial score (nSPS) is 21.5. The third-order valence-electron chi connectivity index (χ3n) is 4.98. The lowest BCUT2D eigenvalue weighted by Crippen LogP contribution is -2.64. The quantitative estimate of drug-likeness (QED) is 0.757. The largest absolute Gasteiger partial charge is 0.343 e. The molecule has 0 aliphatic carbocycles. The van der Waals surface area contributed by atoms with E-state index in [4.69, 9.17) is 0 Å². The molecule has 130 valence electrons. The van der Waals surface area contributed by atoms with Gasteiger partial charge in [0.15, 0.2) is 5.82 Å². The molecule has 25 heavy (non-hydrogen) atoms. The molecule has 1 aromatic carbocycles. The average Bonchev–Trinajstić information content (AvgIpc) is 2.64. The van der Waals surface area contributed by atoms with Crippen LogP contribution in [0.1, 0.15) is 10.6 Å². The fourth-order valence-corrected chi connectivity index (χ4v) is 3.49. The summed E-state index contributed by atoms with van der Waals surface area (Å²) in [4.78, 5) is 49.6. The summed E-state index contributed by atoms with van der Waals surface area (Å²) in [6, 6.07) is 6.59. The zero-order chi connectivity index (χ0) is 17.6. The van der Waals surface area contributed by atoms with Gasteiger partial charge in [-0.1, -0.05) is 12.1 Å². The number of hydrogen-bond donors (Lipinski definition) is 1. The molecule has 2 aliphatic rings. The SMILES string of the molecule is CN1CCN2CCN(C(=O)c3nc4ccccc4c(=O)[nH]3)C[C@@H]2C1=O. The maximum absolute atomic E-state index is 12.8. The molecule has 0 bridgehead atoms. The smallest absolute Gasteiger partial charge is 0.289 e. The van der Waals surface area contributed by atoms with E-state index in [1.54, 1.807) is 41.1 Å². The Labute approximate surface area is 144 Å². The number of H-pyrrole nitrogens is 1. The molecule has 2 aliphatic heterocycles. The second kappa shape index (κ2) is 5.96. The van der Waals surface area contributed by atoms with Gasteiger partial charge in [0.2, 0.25) is 5.91 Å². The first-order valence-corrected chi connectivity index (χ1v) is 8.32. The van der Waals surface area contributed by atoms with Gasteiger partial charge in [-0.3, -0.25) is 19.3 Å². The van der Waals surface area contributed by atoms with Crippen molar-refractivity contribution in [3.63, 3.8) is 0 Å². The van der Waals surface area contributed by atoms with Gasteiger partial charge in [-0.2, -0.15) is 0 Å². The van der Waals surface area contributed by atoms with E-state index in [-0.39, 0.29) is 29.2 Å². The topological polar surface area (TPSA) is 89.6 Å². The highest BCUT2D eigenvalue weighted by Crippen LogP contribution is 2.17. The van der Waals surface area contributed by atoms with Crippen molar-refractivity contribution >= 4 is 22.7 Å². The third-order valence-corrected chi connectivity index (χ3v) is 4.98. The standard InChI is InChI=1S/C17H19N5O3/c1-20-6-7-21-8-9-22(10-13(21)16(20)24)17(25)14-18-12-5-3-2-4-11(12)15(23)19-14/h2-5,13H,6-10H2,1H3,(H,18,19,23)/t13-/m1/s1. The number of amides is 2. The predicted molar refractivity (Wildman–Crippen MR) is 91.3 cm³/mol. The van der Waals surface area contributed by atoms with E-state index in [2.05, 4.69) is 14.9 Å². The number of carbonyl (C=O) groups excluding carboxylic acids is 2. The maximum Gasteiger partial charge on any atom is 0.289 e. The summed E-state index contributed by atoms with van der Waals surface area (Å²) in [5.74, 6) is -0.291. The second-order valence-corrected chi connectivity index (χ2v) is 6.49. The predicted octanol–water partition coefficient (Wildman–Crippen LogP) is -0.478. The lowest BCUT2D eigenvalue weighted by atomic mass is 10.1. The number of benzene rings is 1. The van der Waals surface area contributed by atoms with E-state index >= 15 is 0 Å². The van der Waals surface area contributed by atoms with Crippen LogP contribution in [0.5, 0.6) is 0 Å². The minimum Gasteiger partial charge on any atom is -0.343 e. The highest BCUT2D eigenvalue weighted by atomic mass is 16.2. The van der Waals surface area contributed by atoms with Gasteiger partial charge < -0.3 is 14.8 Å². The van der Waals surface area contributed by atoms with Gasteiger partial charge in [0.05, 0.1) is 10.9 Å². The van der Waals surface area contributed by atoms with E-state index in [1.807, 2.05) is 0 Å². The molecule has 0 spiro atoms. The Balaban J connectivity index is 1.61. The van der Waals surface area contributed by atoms with Crippen LogP contribution in [0.25, 0.3) is 10.9 Å². The molecule has 0 radical (unpaired) electrons. The minimum atomic E-state index is -0.344. The number of nitrogens with one attached hydrogen (secondary N) is 1. The molecular weight excluding hydrogens is 322 g/mol. The first-order valence-electron chi connectivity index (χ1n) is 8.32. The fraction of sp³-hybridized carbons (Fsp3) is 0.412. The zero-order valence-electron chi connectivity index (χ0n) is 13.9. The van der Waals surface area contributed by atoms with Crippen LogP contribution in [0, 0.1) is 0 Å². The highest BCUT2D eigenvalue weighted by molar-refractivity contribution is 5.93. The molecule has 1 N–H and O–H groups in total. The summed E-state index contributed by atoms with van der Waals surface area (Å²) in [5.41, 5.74) is 0.155. The number of fused-ring (bicyclic) bond motifs is 2. The van der Waals surface area contributed by atoms with Gasteiger partial charge in [0, 0.05) is 39.8 Å².